The fourth-order valence-corrected chi connectivity index (χ4v) is 3.51. The second kappa shape index (κ2) is 8.91. The van der Waals surface area contributed by atoms with E-state index in [2.05, 4.69) is 36.5 Å². The predicted octanol–water partition coefficient (Wildman–Crippen LogP) is 5.15. The van der Waals surface area contributed by atoms with Crippen molar-refractivity contribution in [2.45, 2.75) is 39.0 Å². The zero-order chi connectivity index (χ0) is 17.6. The minimum Gasteiger partial charge on any atom is -0.487 e. The summed E-state index contributed by atoms with van der Waals surface area (Å²) in [7, 11) is 0. The second-order valence-electron chi connectivity index (χ2n) is 6.42. The average molecular weight is 380 g/mol. The van der Waals surface area contributed by atoms with Crippen molar-refractivity contribution in [1.29, 1.82) is 0 Å². The van der Waals surface area contributed by atoms with Crippen molar-refractivity contribution in [2.75, 3.05) is 13.2 Å². The van der Waals surface area contributed by atoms with Crippen molar-refractivity contribution in [3.63, 3.8) is 0 Å². The molecule has 0 spiro atoms. The molecule has 1 unspecified atom stereocenters. The van der Waals surface area contributed by atoms with Crippen molar-refractivity contribution in [3.05, 3.63) is 63.1 Å². The van der Waals surface area contributed by atoms with Crippen LogP contribution in [0.5, 0.6) is 5.75 Å². The molecule has 0 aliphatic carbocycles. The molecule has 5 heteroatoms. The molecule has 0 aromatic heterocycles. The predicted molar refractivity (Wildman–Crippen MR) is 103 cm³/mol. The molecule has 1 aliphatic heterocycles. The highest BCUT2D eigenvalue weighted by atomic mass is 35.5. The molecule has 0 saturated carbocycles. The first-order chi connectivity index (χ1) is 12.1. The largest absolute Gasteiger partial charge is 0.487 e. The van der Waals surface area contributed by atoms with Gasteiger partial charge in [-0.3, -0.25) is 0 Å². The van der Waals surface area contributed by atoms with Gasteiger partial charge in [0.25, 0.3) is 0 Å². The Morgan fingerprint density at radius 1 is 1.20 bits per heavy atom. The van der Waals surface area contributed by atoms with Gasteiger partial charge in [-0.05, 0) is 37.5 Å². The maximum Gasteiger partial charge on any atom is 0.142 e. The Morgan fingerprint density at radius 3 is 2.72 bits per heavy atom. The fraction of sp³-hybridized carbons (Fsp3) is 0.400. The van der Waals surface area contributed by atoms with Crippen molar-refractivity contribution in [3.8, 4) is 5.75 Å². The molecule has 2 aromatic rings. The smallest absolute Gasteiger partial charge is 0.142 e. The van der Waals surface area contributed by atoms with Crippen molar-refractivity contribution in [2.24, 2.45) is 0 Å². The van der Waals surface area contributed by atoms with Crippen LogP contribution in [-0.2, 0) is 17.9 Å². The second-order valence-corrected chi connectivity index (χ2v) is 7.26. The normalized spacial score (nSPS) is 17.0. The van der Waals surface area contributed by atoms with Gasteiger partial charge in [-0.2, -0.15) is 0 Å². The maximum atomic E-state index is 6.37. The van der Waals surface area contributed by atoms with Crippen LogP contribution in [0.4, 0.5) is 0 Å². The molecule has 1 saturated heterocycles. The molecule has 3 rings (SSSR count). The lowest BCUT2D eigenvalue weighted by Gasteiger charge is -2.16. The van der Waals surface area contributed by atoms with Crippen LogP contribution < -0.4 is 10.1 Å². The van der Waals surface area contributed by atoms with E-state index in [1.165, 1.54) is 5.56 Å². The minimum absolute atomic E-state index is 0.298. The Morgan fingerprint density at radius 2 is 2.00 bits per heavy atom. The highest BCUT2D eigenvalue weighted by molar-refractivity contribution is 6.35. The number of nitrogens with one attached hydrogen (secondary N) is 1. The third-order valence-electron chi connectivity index (χ3n) is 4.30. The topological polar surface area (TPSA) is 30.5 Å². The summed E-state index contributed by atoms with van der Waals surface area (Å²) in [6.07, 6.45) is 2.55. The third kappa shape index (κ3) is 5.35. The van der Waals surface area contributed by atoms with E-state index >= 15 is 0 Å². The minimum atomic E-state index is 0.298. The molecule has 1 heterocycles. The van der Waals surface area contributed by atoms with Gasteiger partial charge in [0.1, 0.15) is 12.4 Å². The van der Waals surface area contributed by atoms with E-state index in [9.17, 15) is 0 Å². The molecule has 1 fully saturated rings. The number of halogens is 2. The van der Waals surface area contributed by atoms with E-state index < -0.39 is 0 Å². The summed E-state index contributed by atoms with van der Waals surface area (Å²) in [5, 5.41) is 4.57. The Labute approximate surface area is 159 Å². The summed E-state index contributed by atoms with van der Waals surface area (Å²) < 4.78 is 11.6. The van der Waals surface area contributed by atoms with E-state index in [0.29, 0.717) is 35.1 Å². The molecule has 0 bridgehead atoms. The van der Waals surface area contributed by atoms with Gasteiger partial charge in [0.15, 0.2) is 0 Å². The van der Waals surface area contributed by atoms with Gasteiger partial charge in [-0.25, -0.2) is 0 Å². The van der Waals surface area contributed by atoms with Crippen LogP contribution in [0.15, 0.2) is 36.4 Å². The molecule has 3 nitrogen and oxygen atoms in total. The van der Waals surface area contributed by atoms with Gasteiger partial charge in [0.05, 0.1) is 11.1 Å². The monoisotopic (exact) mass is 379 g/mol. The molecule has 1 aliphatic rings. The van der Waals surface area contributed by atoms with Crippen molar-refractivity contribution >= 4 is 23.2 Å². The van der Waals surface area contributed by atoms with Gasteiger partial charge < -0.3 is 14.8 Å². The SMILES string of the molecule is Cc1ccc(COc2c(Cl)cc(Cl)cc2CNCC2CCCO2)cc1. The molecule has 2 aromatic carbocycles. The van der Waals surface area contributed by atoms with Crippen molar-refractivity contribution < 1.29 is 9.47 Å². The Bertz CT molecular complexity index is 698. The first-order valence-electron chi connectivity index (χ1n) is 8.60. The highest BCUT2D eigenvalue weighted by Gasteiger charge is 2.16. The van der Waals surface area contributed by atoms with Crippen LogP contribution >= 0.6 is 23.2 Å². The average Bonchev–Trinajstić information content (AvgIpc) is 3.09. The zero-order valence-electron chi connectivity index (χ0n) is 14.4. The first-order valence-corrected chi connectivity index (χ1v) is 9.36. The molecule has 25 heavy (non-hydrogen) atoms. The summed E-state index contributed by atoms with van der Waals surface area (Å²) in [5.74, 6) is 0.687. The van der Waals surface area contributed by atoms with E-state index in [-0.39, 0.29) is 0 Å². The van der Waals surface area contributed by atoms with Gasteiger partial charge >= 0.3 is 0 Å². The van der Waals surface area contributed by atoms with Crippen LogP contribution in [0.1, 0.15) is 29.5 Å². The third-order valence-corrected chi connectivity index (χ3v) is 4.80. The molecule has 1 atom stereocenters. The number of aryl methyl sites for hydroxylation is 1. The van der Waals surface area contributed by atoms with E-state index in [4.69, 9.17) is 32.7 Å². The lowest BCUT2D eigenvalue weighted by atomic mass is 10.1. The Hall–Kier alpha value is -1.26. The van der Waals surface area contributed by atoms with E-state index in [0.717, 1.165) is 37.1 Å². The van der Waals surface area contributed by atoms with Crippen LogP contribution in [0.25, 0.3) is 0 Å². The number of ether oxygens (including phenoxy) is 2. The maximum absolute atomic E-state index is 6.37. The summed E-state index contributed by atoms with van der Waals surface area (Å²) in [6, 6.07) is 11.9. The fourth-order valence-electron chi connectivity index (χ4n) is 2.92. The van der Waals surface area contributed by atoms with E-state index in [1.54, 1.807) is 6.07 Å². The summed E-state index contributed by atoms with van der Waals surface area (Å²) in [6.45, 7) is 4.87. The lowest BCUT2D eigenvalue weighted by molar-refractivity contribution is 0.110. The van der Waals surface area contributed by atoms with E-state index in [1.807, 2.05) is 6.07 Å². The number of benzene rings is 2. The molecular weight excluding hydrogens is 357 g/mol. The number of rotatable bonds is 7. The Kier molecular flexibility index (Phi) is 6.60. The molecule has 0 amide bonds. The molecule has 1 N–H and O–H groups in total. The van der Waals surface area contributed by atoms with Crippen LogP contribution in [0.3, 0.4) is 0 Å². The first kappa shape index (κ1) is 18.5. The van der Waals surface area contributed by atoms with Crippen molar-refractivity contribution in [1.82, 2.24) is 5.32 Å². The van der Waals surface area contributed by atoms with Gasteiger partial charge in [-0.15, -0.1) is 0 Å². The standard InChI is InChI=1S/C20H23Cl2NO2/c1-14-4-6-15(7-5-14)13-25-20-16(9-17(21)10-19(20)22)11-23-12-18-3-2-8-24-18/h4-7,9-10,18,23H,2-3,8,11-13H2,1H3. The lowest BCUT2D eigenvalue weighted by Crippen LogP contribution is -2.26. The molecular formula is C20H23Cl2NO2. The van der Waals surface area contributed by atoms with Gasteiger partial charge in [-0.1, -0.05) is 53.0 Å². The number of hydrogen-bond acceptors (Lipinski definition) is 3. The highest BCUT2D eigenvalue weighted by Crippen LogP contribution is 2.33. The Balaban J connectivity index is 1.65. The van der Waals surface area contributed by atoms with Crippen LogP contribution in [0, 0.1) is 6.92 Å². The summed E-state index contributed by atoms with van der Waals surface area (Å²) in [5.41, 5.74) is 3.30. The number of hydrogen-bond donors (Lipinski definition) is 1. The molecule has 0 radical (unpaired) electrons. The van der Waals surface area contributed by atoms with Crippen LogP contribution in [-0.4, -0.2) is 19.3 Å². The van der Waals surface area contributed by atoms with Gasteiger partial charge in [0.2, 0.25) is 0 Å². The summed E-state index contributed by atoms with van der Waals surface area (Å²) in [4.78, 5) is 0. The summed E-state index contributed by atoms with van der Waals surface area (Å²) >= 11 is 12.5. The molecule has 134 valence electrons. The van der Waals surface area contributed by atoms with Crippen LogP contribution in [0.2, 0.25) is 10.0 Å². The zero-order valence-corrected chi connectivity index (χ0v) is 15.9. The quantitative estimate of drug-likeness (QED) is 0.721. The van der Waals surface area contributed by atoms with Gasteiger partial charge in [0, 0.05) is 30.3 Å².